The lowest BCUT2D eigenvalue weighted by atomic mass is 9.77. The zero-order valence-electron chi connectivity index (χ0n) is 19.2. The molecule has 0 bridgehead atoms. The van der Waals surface area contributed by atoms with Crippen molar-refractivity contribution in [3.8, 4) is 11.1 Å². The van der Waals surface area contributed by atoms with Crippen LogP contribution in [-0.4, -0.2) is 23.8 Å². The van der Waals surface area contributed by atoms with Crippen molar-refractivity contribution in [2.24, 2.45) is 0 Å². The molecule has 5 rings (SSSR count). The molecule has 1 N–H and O–H groups in total. The molecule has 0 aliphatic heterocycles. The van der Waals surface area contributed by atoms with E-state index < -0.39 is 11.2 Å². The van der Waals surface area contributed by atoms with Crippen molar-refractivity contribution < 1.29 is 14.2 Å². The first-order valence-corrected chi connectivity index (χ1v) is 11.0. The van der Waals surface area contributed by atoms with Crippen LogP contribution in [0.4, 0.5) is 0 Å². The van der Waals surface area contributed by atoms with Gasteiger partial charge >= 0.3 is 7.48 Å². The van der Waals surface area contributed by atoms with Gasteiger partial charge in [-0.05, 0) is 50.5 Å². The molecular formula is C27H29BO3. The summed E-state index contributed by atoms with van der Waals surface area (Å²) in [6, 6.07) is 19.3. The maximum absolute atomic E-state index is 10.4. The standard InChI is InChI=1S/C27H29BO3/c1-25(2)20-14-13-18-17-9-7-8-10-22(17)30-24(18)23(20)19-12-11-16(15-21(19)25)28-31-27(5,6)26(3,4)29/h7-15,28-29H,1-6H3. The maximum Gasteiger partial charge on any atom is 0.309 e. The van der Waals surface area contributed by atoms with Crippen LogP contribution in [-0.2, 0) is 10.1 Å². The van der Waals surface area contributed by atoms with Crippen LogP contribution in [0.5, 0.6) is 0 Å². The van der Waals surface area contributed by atoms with Crippen molar-refractivity contribution in [3.63, 3.8) is 0 Å². The molecule has 158 valence electrons. The molecule has 31 heavy (non-hydrogen) atoms. The Morgan fingerprint density at radius 2 is 1.65 bits per heavy atom. The Bertz CT molecular complexity index is 1320. The number of hydrogen-bond acceptors (Lipinski definition) is 3. The van der Waals surface area contributed by atoms with E-state index in [1.807, 2.05) is 26.0 Å². The molecule has 1 heterocycles. The van der Waals surface area contributed by atoms with Crippen LogP contribution < -0.4 is 5.46 Å². The minimum atomic E-state index is -0.924. The van der Waals surface area contributed by atoms with Crippen LogP contribution in [0.15, 0.2) is 59.0 Å². The van der Waals surface area contributed by atoms with Gasteiger partial charge in [0.05, 0.1) is 11.2 Å². The quantitative estimate of drug-likeness (QED) is 0.454. The summed E-state index contributed by atoms with van der Waals surface area (Å²) in [5.41, 5.74) is 6.33. The van der Waals surface area contributed by atoms with Gasteiger partial charge < -0.3 is 14.2 Å². The van der Waals surface area contributed by atoms with Gasteiger partial charge in [-0.15, -0.1) is 0 Å². The minimum absolute atomic E-state index is 0.125. The Morgan fingerprint density at radius 1 is 0.903 bits per heavy atom. The number of para-hydroxylation sites is 1. The molecule has 0 fully saturated rings. The smallest absolute Gasteiger partial charge is 0.309 e. The number of hydrogen-bond donors (Lipinski definition) is 1. The van der Waals surface area contributed by atoms with E-state index >= 15 is 0 Å². The van der Waals surface area contributed by atoms with E-state index in [9.17, 15) is 5.11 Å². The fourth-order valence-corrected chi connectivity index (χ4v) is 4.58. The van der Waals surface area contributed by atoms with Crippen LogP contribution in [0.25, 0.3) is 33.1 Å². The Kier molecular flexibility index (Phi) is 4.25. The van der Waals surface area contributed by atoms with Gasteiger partial charge in [-0.25, -0.2) is 0 Å². The summed E-state index contributed by atoms with van der Waals surface area (Å²) in [7, 11) is 0.455. The van der Waals surface area contributed by atoms with Crippen LogP contribution in [0.1, 0.15) is 52.7 Å². The average Bonchev–Trinajstić information content (AvgIpc) is 3.19. The van der Waals surface area contributed by atoms with E-state index in [4.69, 9.17) is 9.07 Å². The molecule has 3 nitrogen and oxygen atoms in total. The fourth-order valence-electron chi connectivity index (χ4n) is 4.58. The highest BCUT2D eigenvalue weighted by Crippen LogP contribution is 2.52. The summed E-state index contributed by atoms with van der Waals surface area (Å²) in [5.74, 6) is 0. The Labute approximate surface area is 184 Å². The number of fused-ring (bicyclic) bond motifs is 7. The predicted octanol–water partition coefficient (Wildman–Crippen LogP) is 5.44. The zero-order valence-corrected chi connectivity index (χ0v) is 19.2. The van der Waals surface area contributed by atoms with Gasteiger partial charge in [-0.3, -0.25) is 0 Å². The highest BCUT2D eigenvalue weighted by molar-refractivity contribution is 6.47. The van der Waals surface area contributed by atoms with Crippen molar-refractivity contribution in [2.75, 3.05) is 0 Å². The topological polar surface area (TPSA) is 42.6 Å². The first-order chi connectivity index (χ1) is 14.5. The molecule has 0 unspecified atom stereocenters. The minimum Gasteiger partial charge on any atom is -0.455 e. The maximum atomic E-state index is 10.4. The van der Waals surface area contributed by atoms with Crippen molar-refractivity contribution in [2.45, 2.75) is 58.2 Å². The fraction of sp³-hybridized carbons (Fsp3) is 0.333. The van der Waals surface area contributed by atoms with Crippen molar-refractivity contribution >= 4 is 34.9 Å². The molecule has 0 saturated carbocycles. The van der Waals surface area contributed by atoms with Gasteiger partial charge in [0.1, 0.15) is 11.2 Å². The SMILES string of the molecule is CC1(C)c2cc(BOC(C)(C)C(C)(C)O)ccc2-c2c1ccc1c2oc2ccccc21. The Morgan fingerprint density at radius 3 is 2.39 bits per heavy atom. The lowest BCUT2D eigenvalue weighted by Gasteiger charge is -2.37. The van der Waals surface area contributed by atoms with E-state index in [-0.39, 0.29) is 5.41 Å². The summed E-state index contributed by atoms with van der Waals surface area (Å²) in [4.78, 5) is 0. The van der Waals surface area contributed by atoms with E-state index in [0.29, 0.717) is 7.48 Å². The predicted molar refractivity (Wildman–Crippen MR) is 130 cm³/mol. The third kappa shape index (κ3) is 2.96. The largest absolute Gasteiger partial charge is 0.455 e. The molecule has 4 heteroatoms. The highest BCUT2D eigenvalue weighted by Gasteiger charge is 2.39. The van der Waals surface area contributed by atoms with Crippen LogP contribution in [0.2, 0.25) is 0 Å². The number of furan rings is 1. The van der Waals surface area contributed by atoms with Gasteiger partial charge in [-0.2, -0.15) is 0 Å². The summed E-state index contributed by atoms with van der Waals surface area (Å²) in [6.07, 6.45) is 0. The Balaban J connectivity index is 1.61. The zero-order chi connectivity index (χ0) is 22.2. The molecule has 4 aromatic rings. The van der Waals surface area contributed by atoms with E-state index in [1.165, 1.54) is 22.3 Å². The Hall–Kier alpha value is -2.56. The normalized spacial score (nSPS) is 15.3. The van der Waals surface area contributed by atoms with Gasteiger partial charge in [-0.1, -0.05) is 67.8 Å². The van der Waals surface area contributed by atoms with Gasteiger partial charge in [0.2, 0.25) is 0 Å². The molecular weight excluding hydrogens is 383 g/mol. The monoisotopic (exact) mass is 412 g/mol. The highest BCUT2D eigenvalue weighted by atomic mass is 16.5. The number of rotatable bonds is 4. The van der Waals surface area contributed by atoms with Crippen LogP contribution >= 0.6 is 0 Å². The first kappa shape index (κ1) is 20.4. The molecule has 0 amide bonds. The molecule has 1 aliphatic carbocycles. The molecule has 1 aromatic heterocycles. The molecule has 1 aliphatic rings. The van der Waals surface area contributed by atoms with Crippen molar-refractivity contribution in [1.82, 2.24) is 0 Å². The first-order valence-electron chi connectivity index (χ1n) is 11.0. The second-order valence-corrected chi connectivity index (χ2v) is 10.3. The third-order valence-electron chi connectivity index (χ3n) is 7.32. The summed E-state index contributed by atoms with van der Waals surface area (Å²) in [5, 5.41) is 12.7. The second-order valence-electron chi connectivity index (χ2n) is 10.3. The summed E-state index contributed by atoms with van der Waals surface area (Å²) in [6.45, 7) is 12.0. The third-order valence-corrected chi connectivity index (χ3v) is 7.32. The average molecular weight is 412 g/mol. The lowest BCUT2D eigenvalue weighted by Crippen LogP contribution is -2.49. The molecule has 0 saturated heterocycles. The second kappa shape index (κ2) is 6.47. The molecule has 0 atom stereocenters. The summed E-state index contributed by atoms with van der Waals surface area (Å²) >= 11 is 0. The van der Waals surface area contributed by atoms with Crippen molar-refractivity contribution in [1.29, 1.82) is 0 Å². The van der Waals surface area contributed by atoms with E-state index in [0.717, 1.165) is 27.4 Å². The number of aliphatic hydroxyl groups is 1. The lowest BCUT2D eigenvalue weighted by molar-refractivity contribution is -0.0893. The van der Waals surface area contributed by atoms with Gasteiger partial charge in [0, 0.05) is 21.8 Å². The van der Waals surface area contributed by atoms with Crippen LogP contribution in [0.3, 0.4) is 0 Å². The van der Waals surface area contributed by atoms with Crippen LogP contribution in [0, 0.1) is 0 Å². The van der Waals surface area contributed by atoms with Gasteiger partial charge in [0.25, 0.3) is 0 Å². The molecule has 3 aromatic carbocycles. The summed E-state index contributed by atoms with van der Waals surface area (Å²) < 4.78 is 12.5. The van der Waals surface area contributed by atoms with Crippen molar-refractivity contribution in [3.05, 3.63) is 65.7 Å². The van der Waals surface area contributed by atoms with E-state index in [1.54, 1.807) is 13.8 Å². The molecule has 0 radical (unpaired) electrons. The number of benzene rings is 3. The molecule has 0 spiro atoms. The van der Waals surface area contributed by atoms with Gasteiger partial charge in [0.15, 0.2) is 0 Å². The van der Waals surface area contributed by atoms with E-state index in [2.05, 4.69) is 56.3 Å².